The fraction of sp³-hybridized carbons (Fsp3) is 0.0345. The summed E-state index contributed by atoms with van der Waals surface area (Å²) in [6.45, 7) is 0. The first-order chi connectivity index (χ1) is 17.9. The second-order valence-corrected chi connectivity index (χ2v) is 8.72. The Kier molecular flexibility index (Phi) is 6.86. The summed E-state index contributed by atoms with van der Waals surface area (Å²) in [6, 6.07) is 24.7. The predicted octanol–water partition coefficient (Wildman–Crippen LogP) is 7.79. The molecule has 6 nitrogen and oxygen atoms in total. The van der Waals surface area contributed by atoms with E-state index in [-0.39, 0.29) is 49.3 Å². The Labute approximate surface area is 221 Å². The van der Waals surface area contributed by atoms with Crippen molar-refractivity contribution < 1.29 is 23.4 Å². The summed E-state index contributed by atoms with van der Waals surface area (Å²) in [4.78, 5) is 25.8. The molecule has 5 rings (SSSR count). The predicted molar refractivity (Wildman–Crippen MR) is 142 cm³/mol. The van der Waals surface area contributed by atoms with Crippen molar-refractivity contribution in [2.24, 2.45) is 0 Å². The van der Waals surface area contributed by atoms with E-state index in [0.29, 0.717) is 5.75 Å². The minimum atomic E-state index is -0.773. The molecule has 0 radical (unpaired) electrons. The van der Waals surface area contributed by atoms with Gasteiger partial charge in [-0.3, -0.25) is 4.79 Å². The molecule has 1 aromatic heterocycles. The normalized spacial score (nSPS) is 10.8. The summed E-state index contributed by atoms with van der Waals surface area (Å²) in [5.74, 6) is -0.0108. The number of methoxy groups -OCH3 is 1. The quantitative estimate of drug-likeness (QED) is 0.164. The molecule has 1 heterocycles. The van der Waals surface area contributed by atoms with E-state index in [4.69, 9.17) is 41.8 Å². The van der Waals surface area contributed by atoms with Crippen LogP contribution in [0, 0.1) is 0 Å². The van der Waals surface area contributed by atoms with Gasteiger partial charge in [0.05, 0.1) is 22.5 Å². The zero-order valence-electron chi connectivity index (χ0n) is 19.4. The van der Waals surface area contributed by atoms with Crippen LogP contribution in [-0.2, 0) is 0 Å². The molecule has 0 aliphatic heterocycles. The first-order valence-electron chi connectivity index (χ1n) is 11.1. The summed E-state index contributed by atoms with van der Waals surface area (Å²) in [5, 5.41) is 0.597. The first-order valence-corrected chi connectivity index (χ1v) is 11.8. The smallest absolute Gasteiger partial charge is 0.348 e. The maximum atomic E-state index is 13.0. The van der Waals surface area contributed by atoms with E-state index in [1.807, 2.05) is 42.5 Å². The third kappa shape index (κ3) is 5.03. The van der Waals surface area contributed by atoms with E-state index >= 15 is 0 Å². The van der Waals surface area contributed by atoms with E-state index in [1.165, 1.54) is 43.7 Å². The van der Waals surface area contributed by atoms with Gasteiger partial charge < -0.3 is 18.6 Å². The fourth-order valence-corrected chi connectivity index (χ4v) is 4.24. The Bertz CT molecular complexity index is 1660. The molecule has 0 aliphatic carbocycles. The highest BCUT2D eigenvalue weighted by Gasteiger charge is 2.22. The van der Waals surface area contributed by atoms with Crippen LogP contribution in [0.4, 0.5) is 0 Å². The standard InChI is InChI=1S/C29H18Cl2O6/c1-34-28-23(31)14-13-22(30)26(28)29(33)37-20-11-12-21-24(15-20)35-16-25(27(21)32)36-19-9-7-18(8-10-19)17-5-3-2-4-6-17/h2-16H,1H3. The molecular formula is C29H18Cl2O6. The van der Waals surface area contributed by atoms with Gasteiger partial charge in [-0.25, -0.2) is 4.79 Å². The summed E-state index contributed by atoms with van der Waals surface area (Å²) >= 11 is 12.3. The molecule has 0 fully saturated rings. The van der Waals surface area contributed by atoms with Gasteiger partial charge in [0.15, 0.2) is 5.75 Å². The van der Waals surface area contributed by atoms with Crippen LogP contribution in [0.3, 0.4) is 0 Å². The van der Waals surface area contributed by atoms with Gasteiger partial charge in [0.2, 0.25) is 11.2 Å². The van der Waals surface area contributed by atoms with Crippen molar-refractivity contribution in [3.05, 3.63) is 117 Å². The molecule has 0 atom stereocenters. The molecule has 5 aromatic rings. The number of ether oxygens (including phenoxy) is 3. The van der Waals surface area contributed by atoms with Crippen molar-refractivity contribution in [2.75, 3.05) is 7.11 Å². The Balaban J connectivity index is 1.37. The molecular weight excluding hydrogens is 515 g/mol. The van der Waals surface area contributed by atoms with Gasteiger partial charge in [0, 0.05) is 6.07 Å². The van der Waals surface area contributed by atoms with Gasteiger partial charge in [0.1, 0.15) is 28.9 Å². The molecule has 4 aromatic carbocycles. The number of fused-ring (bicyclic) bond motifs is 1. The highest BCUT2D eigenvalue weighted by molar-refractivity contribution is 6.37. The number of hydrogen-bond acceptors (Lipinski definition) is 6. The number of halogens is 2. The molecule has 37 heavy (non-hydrogen) atoms. The molecule has 0 N–H and O–H groups in total. The lowest BCUT2D eigenvalue weighted by molar-refractivity contribution is 0.0731. The fourth-order valence-electron chi connectivity index (χ4n) is 3.78. The Morgan fingerprint density at radius 1 is 0.811 bits per heavy atom. The average Bonchev–Trinajstić information content (AvgIpc) is 2.92. The van der Waals surface area contributed by atoms with E-state index in [1.54, 1.807) is 12.1 Å². The Hall–Kier alpha value is -4.26. The van der Waals surface area contributed by atoms with Crippen LogP contribution < -0.4 is 19.6 Å². The first kappa shape index (κ1) is 24.4. The summed E-state index contributed by atoms with van der Waals surface area (Å²) in [7, 11) is 1.37. The lowest BCUT2D eigenvalue weighted by Gasteiger charge is -2.12. The SMILES string of the molecule is COc1c(Cl)ccc(Cl)c1C(=O)Oc1ccc2c(=O)c(Oc3ccc(-c4ccccc4)cc3)coc2c1. The molecule has 0 saturated heterocycles. The number of carbonyl (C=O) groups excluding carboxylic acids is 1. The van der Waals surface area contributed by atoms with Gasteiger partial charge in [-0.05, 0) is 47.5 Å². The monoisotopic (exact) mass is 532 g/mol. The number of esters is 1. The maximum Gasteiger partial charge on any atom is 0.348 e. The van der Waals surface area contributed by atoms with Crippen LogP contribution >= 0.6 is 23.2 Å². The van der Waals surface area contributed by atoms with E-state index < -0.39 is 5.97 Å². The molecule has 0 unspecified atom stereocenters. The van der Waals surface area contributed by atoms with Gasteiger partial charge in [0.25, 0.3) is 0 Å². The zero-order chi connectivity index (χ0) is 25.9. The van der Waals surface area contributed by atoms with Crippen molar-refractivity contribution in [1.82, 2.24) is 0 Å². The summed E-state index contributed by atoms with van der Waals surface area (Å²) in [5.41, 5.74) is 1.93. The lowest BCUT2D eigenvalue weighted by Crippen LogP contribution is -2.11. The van der Waals surface area contributed by atoms with Gasteiger partial charge in [-0.2, -0.15) is 0 Å². The number of hydrogen-bond donors (Lipinski definition) is 0. The van der Waals surface area contributed by atoms with Crippen LogP contribution in [0.2, 0.25) is 10.0 Å². The topological polar surface area (TPSA) is 75.0 Å². The van der Waals surface area contributed by atoms with E-state index in [2.05, 4.69) is 0 Å². The zero-order valence-corrected chi connectivity index (χ0v) is 20.9. The van der Waals surface area contributed by atoms with Gasteiger partial charge >= 0.3 is 5.97 Å². The van der Waals surface area contributed by atoms with Crippen molar-refractivity contribution in [3.63, 3.8) is 0 Å². The van der Waals surface area contributed by atoms with Gasteiger partial charge in [-0.1, -0.05) is 65.7 Å². The van der Waals surface area contributed by atoms with Crippen molar-refractivity contribution in [3.8, 4) is 34.1 Å². The molecule has 0 bridgehead atoms. The van der Waals surface area contributed by atoms with Crippen molar-refractivity contribution in [2.45, 2.75) is 0 Å². The summed E-state index contributed by atoms with van der Waals surface area (Å²) < 4.78 is 22.0. The number of benzene rings is 4. The Morgan fingerprint density at radius 3 is 2.22 bits per heavy atom. The third-order valence-corrected chi connectivity index (χ3v) is 6.19. The maximum absolute atomic E-state index is 13.0. The number of rotatable bonds is 6. The highest BCUT2D eigenvalue weighted by Crippen LogP contribution is 2.35. The van der Waals surface area contributed by atoms with Gasteiger partial charge in [-0.15, -0.1) is 0 Å². The van der Waals surface area contributed by atoms with E-state index in [0.717, 1.165) is 11.1 Å². The minimum absolute atomic E-state index is 0.0137. The largest absolute Gasteiger partial charge is 0.494 e. The average molecular weight is 533 g/mol. The molecule has 8 heteroatoms. The van der Waals surface area contributed by atoms with Crippen molar-refractivity contribution in [1.29, 1.82) is 0 Å². The molecule has 0 spiro atoms. The lowest BCUT2D eigenvalue weighted by atomic mass is 10.1. The molecule has 0 saturated carbocycles. The number of carbonyl (C=O) groups is 1. The minimum Gasteiger partial charge on any atom is -0.494 e. The summed E-state index contributed by atoms with van der Waals surface area (Å²) in [6.07, 6.45) is 1.22. The van der Waals surface area contributed by atoms with Crippen LogP contribution in [0.1, 0.15) is 10.4 Å². The Morgan fingerprint density at radius 2 is 1.49 bits per heavy atom. The van der Waals surface area contributed by atoms with Crippen LogP contribution in [0.5, 0.6) is 23.0 Å². The second-order valence-electron chi connectivity index (χ2n) is 7.91. The molecule has 0 aliphatic rings. The molecule has 0 amide bonds. The second kappa shape index (κ2) is 10.4. The third-order valence-electron chi connectivity index (χ3n) is 5.58. The highest BCUT2D eigenvalue weighted by atomic mass is 35.5. The van der Waals surface area contributed by atoms with Crippen LogP contribution in [-0.4, -0.2) is 13.1 Å². The van der Waals surface area contributed by atoms with Crippen molar-refractivity contribution >= 4 is 40.1 Å². The van der Waals surface area contributed by atoms with Crippen LogP contribution in [0.25, 0.3) is 22.1 Å². The van der Waals surface area contributed by atoms with Crippen LogP contribution in [0.15, 0.2) is 100 Å². The molecule has 184 valence electrons. The van der Waals surface area contributed by atoms with E-state index in [9.17, 15) is 9.59 Å².